The van der Waals surface area contributed by atoms with Crippen molar-refractivity contribution in [2.45, 2.75) is 38.3 Å². The van der Waals surface area contributed by atoms with Crippen LogP contribution in [0.1, 0.15) is 20.3 Å². The molecule has 0 radical (unpaired) electrons. The maximum Gasteiger partial charge on any atom is 0.262 e. The third-order valence-corrected chi connectivity index (χ3v) is 3.07. The lowest BCUT2D eigenvalue weighted by Crippen LogP contribution is -2.43. The molecule has 1 aliphatic rings. The number of nitrogens with zero attached hydrogens (tertiary/aromatic N) is 1. The van der Waals surface area contributed by atoms with Gasteiger partial charge >= 0.3 is 0 Å². The Balaban J connectivity index is 2.22. The Bertz CT molecular complexity index is 271. The van der Waals surface area contributed by atoms with Crippen LogP contribution >= 0.6 is 0 Å². The Hall–Kier alpha value is -0.750. The van der Waals surface area contributed by atoms with Crippen molar-refractivity contribution in [3.05, 3.63) is 0 Å². The van der Waals surface area contributed by atoms with E-state index in [0.29, 0.717) is 19.1 Å². The average Bonchev–Trinajstić information content (AvgIpc) is 2.58. The van der Waals surface area contributed by atoms with Crippen LogP contribution in [0.5, 0.6) is 0 Å². The quantitative estimate of drug-likeness (QED) is 0.743. The summed E-state index contributed by atoms with van der Waals surface area (Å²) in [5, 5.41) is 5.20. The number of nitrogens with one attached hydrogen (secondary N) is 2. The summed E-state index contributed by atoms with van der Waals surface area (Å²) in [5.41, 5.74) is 0. The van der Waals surface area contributed by atoms with Crippen LogP contribution in [0.25, 0.3) is 0 Å². The Morgan fingerprint density at radius 1 is 1.59 bits per heavy atom. The van der Waals surface area contributed by atoms with Crippen molar-refractivity contribution in [3.8, 4) is 0 Å². The van der Waals surface area contributed by atoms with Gasteiger partial charge in [0, 0.05) is 25.6 Å². The smallest absolute Gasteiger partial charge is 0.262 e. The second-order valence-electron chi connectivity index (χ2n) is 4.86. The third-order valence-electron chi connectivity index (χ3n) is 3.07. The predicted molar refractivity (Wildman–Crippen MR) is 62.1 cm³/mol. The lowest BCUT2D eigenvalue weighted by molar-refractivity contribution is -0.123. The minimum atomic E-state index is -2.75. The number of rotatable bonds is 5. The molecule has 17 heavy (non-hydrogen) atoms. The first-order valence-corrected chi connectivity index (χ1v) is 5.91. The molecule has 1 atom stereocenters. The van der Waals surface area contributed by atoms with Gasteiger partial charge in [-0.2, -0.15) is 0 Å². The van der Waals surface area contributed by atoms with E-state index in [4.69, 9.17) is 0 Å². The number of amides is 1. The molecule has 2 N–H and O–H groups in total. The molecule has 1 heterocycles. The first-order chi connectivity index (χ1) is 7.82. The van der Waals surface area contributed by atoms with E-state index in [-0.39, 0.29) is 5.91 Å². The first-order valence-electron chi connectivity index (χ1n) is 5.91. The molecule has 100 valence electrons. The highest BCUT2D eigenvalue weighted by atomic mass is 19.3. The lowest BCUT2D eigenvalue weighted by Gasteiger charge is -2.21. The summed E-state index contributed by atoms with van der Waals surface area (Å²) < 4.78 is 25.7. The molecule has 1 rings (SSSR count). The molecular weight excluding hydrogens is 228 g/mol. The molecular formula is C11H21F2N3O. The van der Waals surface area contributed by atoms with Crippen LogP contribution in [0.15, 0.2) is 0 Å². The van der Waals surface area contributed by atoms with E-state index in [2.05, 4.69) is 29.4 Å². The van der Waals surface area contributed by atoms with Crippen molar-refractivity contribution < 1.29 is 13.6 Å². The van der Waals surface area contributed by atoms with Crippen LogP contribution in [0.2, 0.25) is 0 Å². The molecule has 0 aromatic heterocycles. The van der Waals surface area contributed by atoms with Crippen molar-refractivity contribution in [1.82, 2.24) is 15.5 Å². The molecule has 1 fully saturated rings. The number of carbonyl (C=O) groups is 1. The van der Waals surface area contributed by atoms with Gasteiger partial charge < -0.3 is 10.2 Å². The van der Waals surface area contributed by atoms with Crippen molar-refractivity contribution in [1.29, 1.82) is 0 Å². The summed E-state index contributed by atoms with van der Waals surface area (Å²) in [5.74, 6) is -3.09. The molecule has 1 saturated heterocycles. The van der Waals surface area contributed by atoms with Gasteiger partial charge in [0.15, 0.2) is 0 Å². The van der Waals surface area contributed by atoms with Crippen molar-refractivity contribution in [3.63, 3.8) is 0 Å². The Labute approximate surface area is 101 Å². The number of alkyl halides is 2. The molecule has 6 heteroatoms. The van der Waals surface area contributed by atoms with Gasteiger partial charge in [0.1, 0.15) is 0 Å². The number of likely N-dealkylation sites (N-methyl/N-ethyl adjacent to an activating group) is 1. The third kappa shape index (κ3) is 4.55. The molecule has 0 bridgehead atoms. The topological polar surface area (TPSA) is 44.4 Å². The lowest BCUT2D eigenvalue weighted by atomic mass is 10.2. The van der Waals surface area contributed by atoms with Gasteiger partial charge in [-0.1, -0.05) is 0 Å². The second-order valence-corrected chi connectivity index (χ2v) is 4.86. The fraction of sp³-hybridized carbons (Fsp3) is 0.909. The zero-order valence-electron chi connectivity index (χ0n) is 10.6. The monoisotopic (exact) mass is 249 g/mol. The summed E-state index contributed by atoms with van der Waals surface area (Å²) in [4.78, 5) is 13.6. The highest BCUT2D eigenvalue weighted by Gasteiger charge is 2.42. The maximum absolute atomic E-state index is 12.9. The summed E-state index contributed by atoms with van der Waals surface area (Å²) in [6.45, 7) is 4.91. The largest absolute Gasteiger partial charge is 0.353 e. The molecule has 0 aliphatic carbocycles. The Kier molecular flexibility index (Phi) is 4.82. The van der Waals surface area contributed by atoms with Gasteiger partial charge in [0.05, 0.1) is 12.6 Å². The van der Waals surface area contributed by atoms with E-state index >= 15 is 0 Å². The zero-order valence-corrected chi connectivity index (χ0v) is 10.6. The van der Waals surface area contributed by atoms with Crippen molar-refractivity contribution in [2.24, 2.45) is 0 Å². The zero-order chi connectivity index (χ0) is 13.1. The van der Waals surface area contributed by atoms with E-state index in [9.17, 15) is 13.6 Å². The Morgan fingerprint density at radius 2 is 2.24 bits per heavy atom. The van der Waals surface area contributed by atoms with Gasteiger partial charge in [0.2, 0.25) is 5.91 Å². The SMILES string of the molecule is CC(C)N(C)CCNC(=O)C1CC(F)(F)CN1. The molecule has 1 unspecified atom stereocenters. The number of halogens is 2. The maximum atomic E-state index is 12.9. The molecule has 1 amide bonds. The van der Waals surface area contributed by atoms with Gasteiger partial charge in [-0.3, -0.25) is 10.1 Å². The number of hydrogen-bond acceptors (Lipinski definition) is 3. The molecule has 1 aliphatic heterocycles. The molecule has 0 spiro atoms. The van der Waals surface area contributed by atoms with E-state index in [1.807, 2.05) is 7.05 Å². The Morgan fingerprint density at radius 3 is 2.71 bits per heavy atom. The molecule has 0 aromatic carbocycles. The summed E-state index contributed by atoms with van der Waals surface area (Å²) in [7, 11) is 1.96. The fourth-order valence-electron chi connectivity index (χ4n) is 1.64. The van der Waals surface area contributed by atoms with Gasteiger partial charge in [-0.05, 0) is 20.9 Å². The second kappa shape index (κ2) is 5.73. The standard InChI is InChI=1S/C11H21F2N3O/c1-8(2)16(3)5-4-14-10(17)9-6-11(12,13)7-15-9/h8-9,15H,4-7H2,1-3H3,(H,14,17). The van der Waals surface area contributed by atoms with Crippen molar-refractivity contribution in [2.75, 3.05) is 26.7 Å². The van der Waals surface area contributed by atoms with Gasteiger partial charge in [0.25, 0.3) is 5.92 Å². The highest BCUT2D eigenvalue weighted by molar-refractivity contribution is 5.82. The van der Waals surface area contributed by atoms with E-state index in [1.165, 1.54) is 0 Å². The molecule has 4 nitrogen and oxygen atoms in total. The van der Waals surface area contributed by atoms with Crippen LogP contribution in [0, 0.1) is 0 Å². The molecule has 0 aromatic rings. The van der Waals surface area contributed by atoms with E-state index in [1.54, 1.807) is 0 Å². The number of hydrogen-bond donors (Lipinski definition) is 2. The highest BCUT2D eigenvalue weighted by Crippen LogP contribution is 2.24. The number of carbonyl (C=O) groups excluding carboxylic acids is 1. The van der Waals surface area contributed by atoms with Gasteiger partial charge in [-0.15, -0.1) is 0 Å². The normalized spacial score (nSPS) is 23.4. The van der Waals surface area contributed by atoms with E-state index < -0.39 is 24.9 Å². The van der Waals surface area contributed by atoms with Crippen LogP contribution in [0.3, 0.4) is 0 Å². The summed E-state index contributed by atoms with van der Waals surface area (Å²) >= 11 is 0. The minimum Gasteiger partial charge on any atom is -0.353 e. The summed E-state index contributed by atoms with van der Waals surface area (Å²) in [6.07, 6.45) is -0.404. The summed E-state index contributed by atoms with van der Waals surface area (Å²) in [6, 6.07) is -0.352. The van der Waals surface area contributed by atoms with Gasteiger partial charge in [-0.25, -0.2) is 8.78 Å². The average molecular weight is 249 g/mol. The minimum absolute atomic E-state index is 0.334. The van der Waals surface area contributed by atoms with Crippen LogP contribution in [0.4, 0.5) is 8.78 Å². The van der Waals surface area contributed by atoms with Crippen LogP contribution < -0.4 is 10.6 Å². The van der Waals surface area contributed by atoms with E-state index in [0.717, 1.165) is 0 Å². The van der Waals surface area contributed by atoms with Crippen LogP contribution in [-0.4, -0.2) is 55.5 Å². The van der Waals surface area contributed by atoms with Crippen LogP contribution in [-0.2, 0) is 4.79 Å². The molecule has 0 saturated carbocycles. The fourth-order valence-corrected chi connectivity index (χ4v) is 1.64. The predicted octanol–water partition coefficient (Wildman–Crippen LogP) is 0.440. The first kappa shape index (κ1) is 14.3. The van der Waals surface area contributed by atoms with Crippen molar-refractivity contribution >= 4 is 5.91 Å².